The smallest absolute Gasteiger partial charge is 0.0615 e. The molecular weight excluding hydrogens is 216 g/mol. The molecule has 2 rings (SSSR count). The van der Waals surface area contributed by atoms with Gasteiger partial charge in [0.25, 0.3) is 0 Å². The third-order valence-corrected chi connectivity index (χ3v) is 3.20. The van der Waals surface area contributed by atoms with Crippen molar-refractivity contribution in [3.05, 3.63) is 40.2 Å². The Morgan fingerprint density at radius 1 is 1.36 bits per heavy atom. The maximum Gasteiger partial charge on any atom is 0.0615 e. The lowest BCUT2D eigenvalue weighted by molar-refractivity contribution is 0.343. The Morgan fingerprint density at radius 2 is 2.21 bits per heavy atom. The van der Waals surface area contributed by atoms with E-state index in [1.54, 1.807) is 17.4 Å². The molecule has 1 aromatic carbocycles. The fraction of sp³-hybridized carbons (Fsp3) is 0.0909. The van der Waals surface area contributed by atoms with E-state index < -0.39 is 0 Å². The summed E-state index contributed by atoms with van der Waals surface area (Å²) in [5.41, 5.74) is 0. The van der Waals surface area contributed by atoms with Crippen LogP contribution in [0.15, 0.2) is 30.3 Å². The molecule has 1 aromatic heterocycles. The minimum absolute atomic E-state index is 0.0784. The first-order valence-corrected chi connectivity index (χ1v) is 5.45. The van der Waals surface area contributed by atoms with Crippen LogP contribution in [0.5, 0.6) is 0 Å². The molecule has 0 aliphatic carbocycles. The van der Waals surface area contributed by atoms with Crippen molar-refractivity contribution in [1.29, 1.82) is 0 Å². The summed E-state index contributed by atoms with van der Waals surface area (Å²) in [6.07, 6.45) is 3.64. The van der Waals surface area contributed by atoms with E-state index in [9.17, 15) is 0 Å². The minimum atomic E-state index is 0.0784. The van der Waals surface area contributed by atoms with Crippen molar-refractivity contribution in [2.45, 2.75) is 0 Å². The maximum atomic E-state index is 8.64. The maximum absolute atomic E-state index is 8.64. The number of hydrogen-bond donors (Lipinski definition) is 1. The fourth-order valence-electron chi connectivity index (χ4n) is 1.29. The number of thiophene rings is 1. The van der Waals surface area contributed by atoms with Crippen molar-refractivity contribution in [2.24, 2.45) is 0 Å². The van der Waals surface area contributed by atoms with Gasteiger partial charge in [-0.15, -0.1) is 11.3 Å². The largest absolute Gasteiger partial charge is 0.392 e. The standard InChI is InChI=1S/C11H9ClOS/c12-9-3-4-11-8(6-9)7-10(14-11)2-1-5-13/h1-4,6-7,13H,5H2. The van der Waals surface area contributed by atoms with Gasteiger partial charge in [0.15, 0.2) is 0 Å². The summed E-state index contributed by atoms with van der Waals surface area (Å²) in [6, 6.07) is 7.92. The molecule has 0 unspecified atom stereocenters. The molecule has 0 aliphatic rings. The highest BCUT2D eigenvalue weighted by Gasteiger charge is 1.99. The van der Waals surface area contributed by atoms with Crippen LogP contribution in [0.1, 0.15) is 4.88 Å². The van der Waals surface area contributed by atoms with Crippen LogP contribution < -0.4 is 0 Å². The van der Waals surface area contributed by atoms with E-state index in [0.717, 1.165) is 15.3 Å². The average molecular weight is 225 g/mol. The molecule has 1 heterocycles. The van der Waals surface area contributed by atoms with Crippen molar-refractivity contribution in [3.8, 4) is 0 Å². The van der Waals surface area contributed by atoms with Gasteiger partial charge in [0.2, 0.25) is 0 Å². The second-order valence-electron chi connectivity index (χ2n) is 2.92. The molecule has 0 amide bonds. The van der Waals surface area contributed by atoms with E-state index >= 15 is 0 Å². The van der Waals surface area contributed by atoms with Crippen LogP contribution in [0, 0.1) is 0 Å². The highest BCUT2D eigenvalue weighted by atomic mass is 35.5. The summed E-state index contributed by atoms with van der Waals surface area (Å²) in [6.45, 7) is 0.0784. The summed E-state index contributed by atoms with van der Waals surface area (Å²) in [5.74, 6) is 0. The third-order valence-electron chi connectivity index (χ3n) is 1.88. The quantitative estimate of drug-likeness (QED) is 0.827. The summed E-state index contributed by atoms with van der Waals surface area (Å²) in [5, 5.41) is 10.6. The van der Waals surface area contributed by atoms with Crippen LogP contribution in [0.2, 0.25) is 5.02 Å². The molecular formula is C11H9ClOS. The molecule has 2 aromatic rings. The Balaban J connectivity index is 2.46. The predicted octanol–water partition coefficient (Wildman–Crippen LogP) is 3.56. The molecule has 0 saturated heterocycles. The number of halogens is 1. The van der Waals surface area contributed by atoms with Crippen molar-refractivity contribution in [3.63, 3.8) is 0 Å². The number of aliphatic hydroxyl groups is 1. The summed E-state index contributed by atoms with van der Waals surface area (Å²) in [7, 11) is 0. The van der Waals surface area contributed by atoms with Gasteiger partial charge in [-0.3, -0.25) is 0 Å². The highest BCUT2D eigenvalue weighted by Crippen LogP contribution is 2.28. The monoisotopic (exact) mass is 224 g/mol. The number of rotatable bonds is 2. The number of aliphatic hydroxyl groups excluding tert-OH is 1. The second-order valence-corrected chi connectivity index (χ2v) is 4.47. The van der Waals surface area contributed by atoms with Crippen molar-refractivity contribution < 1.29 is 5.11 Å². The highest BCUT2D eigenvalue weighted by molar-refractivity contribution is 7.19. The van der Waals surface area contributed by atoms with Crippen LogP contribution in [0.25, 0.3) is 16.2 Å². The molecule has 0 bridgehead atoms. The van der Waals surface area contributed by atoms with Gasteiger partial charge in [-0.1, -0.05) is 17.7 Å². The molecule has 0 aliphatic heterocycles. The zero-order valence-corrected chi connectivity index (χ0v) is 8.98. The fourth-order valence-corrected chi connectivity index (χ4v) is 2.44. The van der Waals surface area contributed by atoms with Gasteiger partial charge in [0.1, 0.15) is 0 Å². The molecule has 1 N–H and O–H groups in total. The van der Waals surface area contributed by atoms with Gasteiger partial charge in [-0.25, -0.2) is 0 Å². The summed E-state index contributed by atoms with van der Waals surface area (Å²) in [4.78, 5) is 1.14. The van der Waals surface area contributed by atoms with Crippen molar-refractivity contribution in [2.75, 3.05) is 6.61 Å². The van der Waals surface area contributed by atoms with Crippen molar-refractivity contribution in [1.82, 2.24) is 0 Å². The van der Waals surface area contributed by atoms with Crippen molar-refractivity contribution >= 4 is 39.1 Å². The molecule has 1 nitrogen and oxygen atoms in total. The van der Waals surface area contributed by atoms with E-state index in [0.29, 0.717) is 0 Å². The second kappa shape index (κ2) is 4.13. The third kappa shape index (κ3) is 1.98. The van der Waals surface area contributed by atoms with E-state index in [1.165, 1.54) is 4.70 Å². The lowest BCUT2D eigenvalue weighted by Crippen LogP contribution is -1.68. The zero-order chi connectivity index (χ0) is 9.97. The average Bonchev–Trinajstić information content (AvgIpc) is 2.56. The molecule has 3 heteroatoms. The van der Waals surface area contributed by atoms with Gasteiger partial charge in [0.05, 0.1) is 6.61 Å². The summed E-state index contributed by atoms with van der Waals surface area (Å²) >= 11 is 7.57. The Hall–Kier alpha value is -0.830. The van der Waals surface area contributed by atoms with Gasteiger partial charge in [-0.05, 0) is 35.7 Å². The van der Waals surface area contributed by atoms with E-state index in [2.05, 4.69) is 6.07 Å². The van der Waals surface area contributed by atoms with Gasteiger partial charge in [0, 0.05) is 14.6 Å². The Labute approximate surface area is 91.3 Å². The first-order chi connectivity index (χ1) is 6.79. The van der Waals surface area contributed by atoms with Crippen LogP contribution in [-0.2, 0) is 0 Å². The zero-order valence-electron chi connectivity index (χ0n) is 7.40. The molecule has 0 radical (unpaired) electrons. The number of hydrogen-bond acceptors (Lipinski definition) is 2. The molecule has 0 spiro atoms. The molecule has 72 valence electrons. The van der Waals surface area contributed by atoms with Gasteiger partial charge in [-0.2, -0.15) is 0 Å². The van der Waals surface area contributed by atoms with E-state index in [-0.39, 0.29) is 6.61 Å². The van der Waals surface area contributed by atoms with Gasteiger partial charge >= 0.3 is 0 Å². The van der Waals surface area contributed by atoms with Crippen LogP contribution in [0.3, 0.4) is 0 Å². The van der Waals surface area contributed by atoms with Crippen LogP contribution in [0.4, 0.5) is 0 Å². The Morgan fingerprint density at radius 3 is 3.00 bits per heavy atom. The lowest BCUT2D eigenvalue weighted by Gasteiger charge is -1.87. The first kappa shape index (κ1) is 9.71. The van der Waals surface area contributed by atoms with Crippen LogP contribution >= 0.6 is 22.9 Å². The lowest BCUT2D eigenvalue weighted by atomic mass is 10.2. The molecule has 14 heavy (non-hydrogen) atoms. The normalized spacial score (nSPS) is 11.6. The number of benzene rings is 1. The predicted molar refractivity (Wildman–Crippen MR) is 63.0 cm³/mol. The van der Waals surface area contributed by atoms with E-state index in [1.807, 2.05) is 24.3 Å². The Bertz CT molecular complexity index is 473. The SMILES string of the molecule is OCC=Cc1cc2cc(Cl)ccc2s1. The summed E-state index contributed by atoms with van der Waals surface area (Å²) < 4.78 is 1.21. The number of fused-ring (bicyclic) bond motifs is 1. The molecule has 0 atom stereocenters. The first-order valence-electron chi connectivity index (χ1n) is 4.26. The van der Waals surface area contributed by atoms with Crippen LogP contribution in [-0.4, -0.2) is 11.7 Å². The Kier molecular flexibility index (Phi) is 2.87. The molecule has 0 fully saturated rings. The molecule has 0 saturated carbocycles. The van der Waals surface area contributed by atoms with E-state index in [4.69, 9.17) is 16.7 Å². The van der Waals surface area contributed by atoms with Gasteiger partial charge < -0.3 is 5.11 Å². The minimum Gasteiger partial charge on any atom is -0.392 e. The topological polar surface area (TPSA) is 20.2 Å².